The predicted octanol–water partition coefficient (Wildman–Crippen LogP) is 2.54. The lowest BCUT2D eigenvalue weighted by atomic mass is 10.0. The van der Waals surface area contributed by atoms with Crippen molar-refractivity contribution in [1.82, 2.24) is 4.72 Å². The van der Waals surface area contributed by atoms with Crippen LogP contribution in [0.25, 0.3) is 0 Å². The number of aromatic hydroxyl groups is 1. The molecule has 0 aliphatic rings. The number of nitriles is 1. The minimum atomic E-state index is -1.42. The molecule has 0 amide bonds. The van der Waals surface area contributed by atoms with E-state index in [1.54, 1.807) is 20.8 Å². The maximum Gasteiger partial charge on any atom is 0.136 e. The molecule has 4 nitrogen and oxygen atoms in total. The second-order valence-electron chi connectivity index (χ2n) is 5.12. The summed E-state index contributed by atoms with van der Waals surface area (Å²) in [5.74, 6) is -0.640. The Bertz CT molecular complexity index is 483. The molecule has 1 aromatic rings. The van der Waals surface area contributed by atoms with Crippen molar-refractivity contribution in [2.75, 3.05) is 0 Å². The Morgan fingerprint density at radius 3 is 2.68 bits per heavy atom. The van der Waals surface area contributed by atoms with Gasteiger partial charge >= 0.3 is 0 Å². The summed E-state index contributed by atoms with van der Waals surface area (Å²) in [6.07, 6.45) is -0.0150. The molecular weight excluding hydrogens is 267 g/mol. The first-order valence-electron chi connectivity index (χ1n) is 5.79. The van der Waals surface area contributed by atoms with Crippen LogP contribution in [0.1, 0.15) is 38.8 Å². The summed E-state index contributed by atoms with van der Waals surface area (Å²) in [4.78, 5) is 0. The minimum absolute atomic E-state index is 0.0150. The van der Waals surface area contributed by atoms with E-state index >= 15 is 0 Å². The number of rotatable bonds is 4. The summed E-state index contributed by atoms with van der Waals surface area (Å²) in [6, 6.07) is 4.75. The Morgan fingerprint density at radius 1 is 1.53 bits per heavy atom. The van der Waals surface area contributed by atoms with E-state index in [1.807, 2.05) is 6.07 Å². The maximum atomic E-state index is 13.2. The molecule has 0 spiro atoms. The molecule has 2 atom stereocenters. The van der Waals surface area contributed by atoms with Crippen LogP contribution in [0.2, 0.25) is 0 Å². The number of phenols is 1. The van der Waals surface area contributed by atoms with Gasteiger partial charge in [0.05, 0.1) is 18.5 Å². The van der Waals surface area contributed by atoms with Crippen LogP contribution >= 0.6 is 0 Å². The highest BCUT2D eigenvalue weighted by atomic mass is 32.2. The van der Waals surface area contributed by atoms with Crippen molar-refractivity contribution in [2.45, 2.75) is 38.0 Å². The highest BCUT2D eigenvalue weighted by molar-refractivity contribution is 7.90. The maximum absolute atomic E-state index is 13.2. The third-order valence-electron chi connectivity index (χ3n) is 2.47. The molecule has 2 N–H and O–H groups in total. The van der Waals surface area contributed by atoms with Crippen LogP contribution in [0.5, 0.6) is 5.75 Å². The Kier molecular flexibility index (Phi) is 5.18. The highest BCUT2D eigenvalue weighted by Crippen LogP contribution is 2.29. The molecule has 0 aliphatic heterocycles. The molecule has 0 bridgehead atoms. The van der Waals surface area contributed by atoms with Gasteiger partial charge in [0.25, 0.3) is 0 Å². The lowest BCUT2D eigenvalue weighted by Crippen LogP contribution is -2.41. The summed E-state index contributed by atoms with van der Waals surface area (Å²) in [7, 11) is 0. The summed E-state index contributed by atoms with van der Waals surface area (Å²) in [5.41, 5.74) is 0.235. The van der Waals surface area contributed by atoms with E-state index in [1.165, 1.54) is 6.07 Å². The quantitative estimate of drug-likeness (QED) is 0.833. The van der Waals surface area contributed by atoms with E-state index in [0.717, 1.165) is 12.1 Å². The van der Waals surface area contributed by atoms with Crippen molar-refractivity contribution in [3.8, 4) is 11.8 Å². The molecule has 0 heterocycles. The average molecular weight is 284 g/mol. The monoisotopic (exact) mass is 284 g/mol. The van der Waals surface area contributed by atoms with Crippen LogP contribution in [0, 0.1) is 17.1 Å². The standard InChI is InChI=1S/C13H17FN2O2S/c1-13(2,3)19(18)16-11(6-7-15)10-8-9(14)4-5-12(10)17/h4-5,8,11,16-17H,6H2,1-3H3/t11-,19?/m0/s1. The van der Waals surface area contributed by atoms with E-state index in [4.69, 9.17) is 5.26 Å². The van der Waals surface area contributed by atoms with E-state index in [-0.39, 0.29) is 17.7 Å². The van der Waals surface area contributed by atoms with Crippen LogP contribution in [-0.2, 0) is 11.4 Å². The first-order valence-corrected chi connectivity index (χ1v) is 6.94. The van der Waals surface area contributed by atoms with Crippen molar-refractivity contribution in [2.24, 2.45) is 0 Å². The molecule has 1 rings (SSSR count). The fourth-order valence-electron chi connectivity index (χ4n) is 1.42. The molecule has 0 aliphatic carbocycles. The molecule has 0 fully saturated rings. The van der Waals surface area contributed by atoms with E-state index in [2.05, 4.69) is 4.72 Å². The van der Waals surface area contributed by atoms with Gasteiger partial charge in [0.2, 0.25) is 0 Å². The van der Waals surface area contributed by atoms with Crippen LogP contribution in [-0.4, -0.2) is 14.4 Å². The normalized spacial score (nSPS) is 14.7. The van der Waals surface area contributed by atoms with Crippen LogP contribution in [0.4, 0.5) is 4.39 Å². The molecule has 0 radical (unpaired) electrons. The largest absolute Gasteiger partial charge is 0.598 e. The number of nitrogens with zero attached hydrogens (tertiary/aromatic N) is 1. The zero-order chi connectivity index (χ0) is 14.6. The third-order valence-corrected chi connectivity index (χ3v) is 4.08. The zero-order valence-electron chi connectivity index (χ0n) is 11.1. The predicted molar refractivity (Wildman–Crippen MR) is 72.1 cm³/mol. The Morgan fingerprint density at radius 2 is 2.16 bits per heavy atom. The van der Waals surface area contributed by atoms with Crippen molar-refractivity contribution < 1.29 is 14.0 Å². The first-order chi connectivity index (χ1) is 8.75. The topological polar surface area (TPSA) is 79.1 Å². The molecule has 104 valence electrons. The van der Waals surface area contributed by atoms with Gasteiger partial charge in [0, 0.05) is 16.9 Å². The number of hydrogen-bond acceptors (Lipinski definition) is 4. The van der Waals surface area contributed by atoms with Gasteiger partial charge in [0.15, 0.2) is 0 Å². The van der Waals surface area contributed by atoms with Gasteiger partial charge in [-0.25, -0.2) is 4.39 Å². The van der Waals surface area contributed by atoms with Gasteiger partial charge in [-0.15, -0.1) is 4.72 Å². The molecule has 19 heavy (non-hydrogen) atoms. The minimum Gasteiger partial charge on any atom is -0.598 e. The highest BCUT2D eigenvalue weighted by Gasteiger charge is 2.30. The van der Waals surface area contributed by atoms with Gasteiger partial charge < -0.3 is 9.66 Å². The molecule has 0 saturated carbocycles. The van der Waals surface area contributed by atoms with Gasteiger partial charge in [0.1, 0.15) is 16.3 Å². The summed E-state index contributed by atoms with van der Waals surface area (Å²) >= 11 is -1.42. The number of halogens is 1. The van der Waals surface area contributed by atoms with Crippen molar-refractivity contribution in [3.05, 3.63) is 29.6 Å². The lowest BCUT2D eigenvalue weighted by Gasteiger charge is -2.27. The lowest BCUT2D eigenvalue weighted by molar-refractivity contribution is 0.452. The van der Waals surface area contributed by atoms with Gasteiger partial charge in [-0.3, -0.25) is 0 Å². The SMILES string of the molecule is CC(C)(C)[S+]([O-])N[C@@H](CC#N)c1cc(F)ccc1O. The molecule has 6 heteroatoms. The second-order valence-corrected chi connectivity index (χ2v) is 7.11. The third kappa shape index (κ3) is 4.39. The van der Waals surface area contributed by atoms with Gasteiger partial charge in [-0.1, -0.05) is 0 Å². The number of nitrogens with one attached hydrogen (secondary N) is 1. The second kappa shape index (κ2) is 6.24. The molecule has 1 unspecified atom stereocenters. The summed E-state index contributed by atoms with van der Waals surface area (Å²) in [5, 5.41) is 18.5. The zero-order valence-corrected chi connectivity index (χ0v) is 11.9. The van der Waals surface area contributed by atoms with E-state index < -0.39 is 28.0 Å². The van der Waals surface area contributed by atoms with E-state index in [9.17, 15) is 14.0 Å². The number of phenolic OH excluding ortho intramolecular Hbond substituents is 1. The van der Waals surface area contributed by atoms with Crippen LogP contribution < -0.4 is 4.72 Å². The van der Waals surface area contributed by atoms with Crippen molar-refractivity contribution in [3.63, 3.8) is 0 Å². The van der Waals surface area contributed by atoms with Gasteiger partial charge in [-0.05, 0) is 39.0 Å². The van der Waals surface area contributed by atoms with Crippen molar-refractivity contribution >= 4 is 11.4 Å². The Labute approximate surface area is 115 Å². The fourth-order valence-corrected chi connectivity index (χ4v) is 2.24. The smallest absolute Gasteiger partial charge is 0.136 e. The first kappa shape index (κ1) is 15.8. The average Bonchev–Trinajstić information content (AvgIpc) is 2.30. The number of hydrogen-bond donors (Lipinski definition) is 2. The Balaban J connectivity index is 3.01. The number of benzene rings is 1. The molecular formula is C13H17FN2O2S. The molecule has 1 aromatic carbocycles. The van der Waals surface area contributed by atoms with Crippen LogP contribution in [0.15, 0.2) is 18.2 Å². The van der Waals surface area contributed by atoms with Gasteiger partial charge in [-0.2, -0.15) is 5.26 Å². The van der Waals surface area contributed by atoms with E-state index in [0.29, 0.717) is 0 Å². The summed E-state index contributed by atoms with van der Waals surface area (Å²) < 4.78 is 27.5. The van der Waals surface area contributed by atoms with Crippen LogP contribution in [0.3, 0.4) is 0 Å². The molecule has 0 aromatic heterocycles. The fraction of sp³-hybridized carbons (Fsp3) is 0.462. The Hall–Kier alpha value is -1.29. The van der Waals surface area contributed by atoms with Crippen molar-refractivity contribution in [1.29, 1.82) is 5.26 Å². The molecule has 0 saturated heterocycles. The summed E-state index contributed by atoms with van der Waals surface area (Å²) in [6.45, 7) is 5.35.